The van der Waals surface area contributed by atoms with Gasteiger partial charge in [0.2, 0.25) is 0 Å². The van der Waals surface area contributed by atoms with Crippen LogP contribution in [0.2, 0.25) is 0 Å². The zero-order valence-corrected chi connectivity index (χ0v) is 14.6. The van der Waals surface area contributed by atoms with E-state index < -0.39 is 11.6 Å². The SMILES string of the molecule is COc1cc(C(C)(CC(C)(C)C)C(C)(C)C)cc(F)c1O. The molecule has 1 N–H and O–H groups in total. The first-order valence-electron chi connectivity index (χ1n) is 7.39. The summed E-state index contributed by atoms with van der Waals surface area (Å²) >= 11 is 0. The van der Waals surface area contributed by atoms with Gasteiger partial charge in [0.05, 0.1) is 7.11 Å². The molecule has 0 aliphatic rings. The van der Waals surface area contributed by atoms with Gasteiger partial charge in [-0.05, 0) is 40.4 Å². The van der Waals surface area contributed by atoms with E-state index in [-0.39, 0.29) is 22.0 Å². The lowest BCUT2D eigenvalue weighted by Crippen LogP contribution is -2.40. The number of hydrogen-bond donors (Lipinski definition) is 1. The second-order valence-electron chi connectivity index (χ2n) is 8.33. The first-order valence-corrected chi connectivity index (χ1v) is 7.39. The molecular weight excluding hydrogens is 267 g/mol. The van der Waals surface area contributed by atoms with Crippen LogP contribution >= 0.6 is 0 Å². The van der Waals surface area contributed by atoms with Crippen molar-refractivity contribution in [2.75, 3.05) is 7.11 Å². The van der Waals surface area contributed by atoms with Crippen LogP contribution in [0, 0.1) is 16.6 Å². The van der Waals surface area contributed by atoms with Crippen LogP contribution in [0.15, 0.2) is 12.1 Å². The largest absolute Gasteiger partial charge is 0.502 e. The fourth-order valence-electron chi connectivity index (χ4n) is 2.91. The monoisotopic (exact) mass is 296 g/mol. The van der Waals surface area contributed by atoms with E-state index in [0.717, 1.165) is 12.0 Å². The van der Waals surface area contributed by atoms with Gasteiger partial charge < -0.3 is 9.84 Å². The molecule has 0 aromatic heterocycles. The molecule has 1 aromatic carbocycles. The van der Waals surface area contributed by atoms with Gasteiger partial charge >= 0.3 is 0 Å². The minimum Gasteiger partial charge on any atom is -0.502 e. The van der Waals surface area contributed by atoms with E-state index >= 15 is 0 Å². The zero-order valence-electron chi connectivity index (χ0n) is 14.6. The minimum atomic E-state index is -0.631. The van der Waals surface area contributed by atoms with Crippen molar-refractivity contribution in [3.8, 4) is 11.5 Å². The highest BCUT2D eigenvalue weighted by atomic mass is 19.1. The summed E-state index contributed by atoms with van der Waals surface area (Å²) in [6, 6.07) is 3.20. The predicted molar refractivity (Wildman–Crippen MR) is 85.5 cm³/mol. The fraction of sp³-hybridized carbons (Fsp3) is 0.667. The number of halogens is 1. The summed E-state index contributed by atoms with van der Waals surface area (Å²) in [4.78, 5) is 0. The van der Waals surface area contributed by atoms with Gasteiger partial charge in [0.1, 0.15) is 0 Å². The van der Waals surface area contributed by atoms with Crippen molar-refractivity contribution in [2.45, 2.75) is 60.3 Å². The highest BCUT2D eigenvalue weighted by Gasteiger charge is 2.42. The number of aromatic hydroxyl groups is 1. The summed E-state index contributed by atoms with van der Waals surface area (Å²) in [6.07, 6.45) is 0.900. The Morgan fingerprint density at radius 1 is 1.05 bits per heavy atom. The van der Waals surface area contributed by atoms with Gasteiger partial charge in [0.25, 0.3) is 0 Å². The highest BCUT2D eigenvalue weighted by molar-refractivity contribution is 5.46. The van der Waals surface area contributed by atoms with Crippen molar-refractivity contribution in [3.63, 3.8) is 0 Å². The topological polar surface area (TPSA) is 29.5 Å². The van der Waals surface area contributed by atoms with Crippen LogP contribution in [-0.4, -0.2) is 12.2 Å². The number of ether oxygens (including phenoxy) is 1. The van der Waals surface area contributed by atoms with Crippen LogP contribution in [0.4, 0.5) is 4.39 Å². The van der Waals surface area contributed by atoms with Gasteiger partial charge in [-0.15, -0.1) is 0 Å². The molecule has 0 fully saturated rings. The van der Waals surface area contributed by atoms with Crippen molar-refractivity contribution < 1.29 is 14.2 Å². The Labute approximate surface area is 128 Å². The van der Waals surface area contributed by atoms with Gasteiger partial charge in [-0.1, -0.05) is 48.5 Å². The predicted octanol–water partition coefficient (Wildman–Crippen LogP) is 5.28. The number of rotatable bonds is 3. The Kier molecular flexibility index (Phi) is 4.67. The van der Waals surface area contributed by atoms with Gasteiger partial charge in [-0.25, -0.2) is 4.39 Å². The van der Waals surface area contributed by atoms with Gasteiger partial charge in [-0.2, -0.15) is 0 Å². The highest BCUT2D eigenvalue weighted by Crippen LogP contribution is 2.50. The number of benzene rings is 1. The molecule has 2 nitrogen and oxygen atoms in total. The third kappa shape index (κ3) is 3.69. The molecule has 1 rings (SSSR count). The summed E-state index contributed by atoms with van der Waals surface area (Å²) < 4.78 is 19.2. The Hall–Kier alpha value is -1.25. The molecule has 0 heterocycles. The summed E-state index contributed by atoms with van der Waals surface area (Å²) in [7, 11) is 1.44. The first-order chi connectivity index (χ1) is 9.32. The van der Waals surface area contributed by atoms with Gasteiger partial charge in [-0.3, -0.25) is 0 Å². The second-order valence-corrected chi connectivity index (χ2v) is 8.33. The van der Waals surface area contributed by atoms with Crippen molar-refractivity contribution in [3.05, 3.63) is 23.5 Å². The molecule has 21 heavy (non-hydrogen) atoms. The summed E-state index contributed by atoms with van der Waals surface area (Å²) in [6.45, 7) is 15.2. The smallest absolute Gasteiger partial charge is 0.194 e. The van der Waals surface area contributed by atoms with Crippen LogP contribution in [0.3, 0.4) is 0 Å². The minimum absolute atomic E-state index is 0.0608. The van der Waals surface area contributed by atoms with Crippen molar-refractivity contribution >= 4 is 0 Å². The van der Waals surface area contributed by atoms with E-state index in [1.165, 1.54) is 13.2 Å². The van der Waals surface area contributed by atoms with Crippen LogP contribution in [0.5, 0.6) is 11.5 Å². The Morgan fingerprint density at radius 2 is 1.57 bits per heavy atom. The Bertz CT molecular complexity index is 509. The number of phenolic OH excluding ortho intramolecular Hbond substituents is 1. The average molecular weight is 296 g/mol. The molecule has 1 unspecified atom stereocenters. The summed E-state index contributed by atoms with van der Waals surface area (Å²) in [5.74, 6) is -0.864. The third-order valence-electron chi connectivity index (χ3n) is 4.42. The molecule has 0 radical (unpaired) electrons. The molecule has 0 aliphatic carbocycles. The maximum atomic E-state index is 14.0. The lowest BCUT2D eigenvalue weighted by Gasteiger charge is -2.46. The third-order valence-corrected chi connectivity index (χ3v) is 4.42. The van der Waals surface area contributed by atoms with E-state index in [1.54, 1.807) is 6.07 Å². The van der Waals surface area contributed by atoms with E-state index in [9.17, 15) is 9.50 Å². The molecule has 1 atom stereocenters. The molecule has 0 aliphatic heterocycles. The van der Waals surface area contributed by atoms with Crippen molar-refractivity contribution in [2.24, 2.45) is 10.8 Å². The van der Waals surface area contributed by atoms with E-state index in [1.807, 2.05) is 0 Å². The average Bonchev–Trinajstić information content (AvgIpc) is 2.28. The molecule has 0 spiro atoms. The second kappa shape index (κ2) is 5.51. The van der Waals surface area contributed by atoms with Crippen LogP contribution in [0.1, 0.15) is 60.5 Å². The fourth-order valence-corrected chi connectivity index (χ4v) is 2.91. The van der Waals surface area contributed by atoms with Crippen molar-refractivity contribution in [1.29, 1.82) is 0 Å². The standard InChI is InChI=1S/C18H29FO2/c1-16(2,3)11-18(7,17(4,5)6)12-9-13(19)15(20)14(10-12)21-8/h9-10,20H,11H2,1-8H3. The lowest BCUT2D eigenvalue weighted by molar-refractivity contribution is 0.134. The summed E-state index contributed by atoms with van der Waals surface area (Å²) in [5, 5.41) is 9.72. The van der Waals surface area contributed by atoms with Crippen LogP contribution in [0.25, 0.3) is 0 Å². The van der Waals surface area contributed by atoms with E-state index in [2.05, 4.69) is 48.5 Å². The van der Waals surface area contributed by atoms with Crippen LogP contribution in [-0.2, 0) is 5.41 Å². The normalized spacial score (nSPS) is 15.7. The zero-order chi connectivity index (χ0) is 16.6. The molecule has 120 valence electrons. The number of methoxy groups -OCH3 is 1. The number of hydrogen-bond acceptors (Lipinski definition) is 2. The molecule has 3 heteroatoms. The van der Waals surface area contributed by atoms with Crippen LogP contribution < -0.4 is 4.74 Å². The molecule has 0 saturated carbocycles. The molecular formula is C18H29FO2. The maximum absolute atomic E-state index is 14.0. The number of phenols is 1. The quantitative estimate of drug-likeness (QED) is 0.822. The molecule has 1 aromatic rings. The van der Waals surface area contributed by atoms with Gasteiger partial charge in [0, 0.05) is 0 Å². The van der Waals surface area contributed by atoms with Crippen molar-refractivity contribution in [1.82, 2.24) is 0 Å². The first kappa shape index (κ1) is 17.8. The van der Waals surface area contributed by atoms with Gasteiger partial charge in [0.15, 0.2) is 17.3 Å². The maximum Gasteiger partial charge on any atom is 0.194 e. The Balaban J connectivity index is 3.51. The molecule has 0 saturated heterocycles. The summed E-state index contributed by atoms with van der Waals surface area (Å²) in [5.41, 5.74) is 0.655. The lowest BCUT2D eigenvalue weighted by atomic mass is 9.58. The van der Waals surface area contributed by atoms with E-state index in [4.69, 9.17) is 4.74 Å². The molecule has 0 bridgehead atoms. The van der Waals surface area contributed by atoms with E-state index in [0.29, 0.717) is 0 Å². The molecule has 0 amide bonds. The Morgan fingerprint density at radius 3 is 1.95 bits per heavy atom.